The second-order valence-electron chi connectivity index (χ2n) is 23.6. The summed E-state index contributed by atoms with van der Waals surface area (Å²) in [5, 5.41) is 143. The topological polar surface area (TPSA) is 335 Å². The molecular formula is C48H78O20. The van der Waals surface area contributed by atoms with Gasteiger partial charge in [0, 0.05) is 10.8 Å². The highest BCUT2D eigenvalue weighted by Crippen LogP contribution is 2.76. The summed E-state index contributed by atoms with van der Waals surface area (Å²) in [4.78, 5) is 12.8. The molecule has 3 aliphatic heterocycles. The molecule has 3 saturated heterocycles. The first-order chi connectivity index (χ1) is 31.6. The molecule has 390 valence electrons. The first kappa shape index (κ1) is 52.8. The predicted octanol–water partition coefficient (Wildman–Crippen LogP) is -1.50. The maximum Gasteiger partial charge on any atom is 0.335 e. The quantitative estimate of drug-likeness (QED) is 0.0876. The Kier molecular flexibility index (Phi) is 14.1. The highest BCUT2D eigenvalue weighted by atomic mass is 16.8. The van der Waals surface area contributed by atoms with Crippen LogP contribution in [0.4, 0.5) is 0 Å². The number of hydrogen-bond donors (Lipinski definition) is 13. The van der Waals surface area contributed by atoms with E-state index in [0.717, 1.165) is 5.57 Å². The van der Waals surface area contributed by atoms with Crippen LogP contribution in [0, 0.1) is 56.2 Å². The zero-order valence-electron chi connectivity index (χ0n) is 40.3. The molecular weight excluding hydrogens is 897 g/mol. The van der Waals surface area contributed by atoms with Crippen LogP contribution in [0.25, 0.3) is 0 Å². The van der Waals surface area contributed by atoms with Crippen molar-refractivity contribution in [1.29, 1.82) is 0 Å². The lowest BCUT2D eigenvalue weighted by atomic mass is 9.32. The van der Waals surface area contributed by atoms with Crippen molar-refractivity contribution in [3.05, 3.63) is 11.6 Å². The second-order valence-corrected chi connectivity index (χ2v) is 23.6. The molecule has 8 aliphatic rings. The van der Waals surface area contributed by atoms with Crippen molar-refractivity contribution in [2.75, 3.05) is 19.8 Å². The smallest absolute Gasteiger partial charge is 0.335 e. The van der Waals surface area contributed by atoms with Gasteiger partial charge in [-0.2, -0.15) is 0 Å². The monoisotopic (exact) mass is 975 g/mol. The van der Waals surface area contributed by atoms with Gasteiger partial charge >= 0.3 is 5.97 Å². The number of aliphatic carboxylic acids is 1. The van der Waals surface area contributed by atoms with E-state index in [1.54, 1.807) is 0 Å². The van der Waals surface area contributed by atoms with Crippen molar-refractivity contribution in [3.63, 3.8) is 0 Å². The summed E-state index contributed by atoms with van der Waals surface area (Å²) in [6.07, 6.45) is -23.3. The Balaban J connectivity index is 1.12. The molecule has 26 atom stereocenters. The lowest BCUT2D eigenvalue weighted by Gasteiger charge is -2.73. The number of fused-ring (bicyclic) bond motifs is 7. The molecule has 13 N–H and O–H groups in total. The van der Waals surface area contributed by atoms with Gasteiger partial charge in [0.25, 0.3) is 0 Å². The molecule has 0 amide bonds. The third-order valence-corrected chi connectivity index (χ3v) is 19.9. The molecule has 0 aromatic carbocycles. The summed E-state index contributed by atoms with van der Waals surface area (Å²) >= 11 is 0. The van der Waals surface area contributed by atoms with Crippen molar-refractivity contribution in [2.45, 2.75) is 204 Å². The van der Waals surface area contributed by atoms with Crippen molar-refractivity contribution in [3.8, 4) is 0 Å². The molecule has 20 nitrogen and oxygen atoms in total. The van der Waals surface area contributed by atoms with Crippen LogP contribution in [-0.2, 0) is 33.2 Å². The second kappa shape index (κ2) is 18.2. The first-order valence-electron chi connectivity index (χ1n) is 24.5. The van der Waals surface area contributed by atoms with Gasteiger partial charge in [-0.15, -0.1) is 0 Å². The van der Waals surface area contributed by atoms with Gasteiger partial charge < -0.3 is 94.8 Å². The fraction of sp³-hybridized carbons (Fsp3) is 0.938. The number of aliphatic hydroxyl groups is 12. The largest absolute Gasteiger partial charge is 0.479 e. The number of aliphatic hydroxyl groups excluding tert-OH is 12. The van der Waals surface area contributed by atoms with Gasteiger partial charge in [-0.1, -0.05) is 67.0 Å². The van der Waals surface area contributed by atoms with Crippen LogP contribution in [0.2, 0.25) is 0 Å². The predicted molar refractivity (Wildman–Crippen MR) is 233 cm³/mol. The van der Waals surface area contributed by atoms with Gasteiger partial charge in [0.05, 0.1) is 44.2 Å². The number of allylic oxidation sites excluding steroid dienone is 1. The van der Waals surface area contributed by atoms with Gasteiger partial charge in [-0.25, -0.2) is 4.79 Å². The van der Waals surface area contributed by atoms with Crippen LogP contribution < -0.4 is 0 Å². The maximum absolute atomic E-state index is 12.8. The molecule has 3 heterocycles. The number of rotatable bonds is 10. The molecule has 0 radical (unpaired) electrons. The van der Waals surface area contributed by atoms with Crippen LogP contribution in [-0.4, -0.2) is 203 Å². The Morgan fingerprint density at radius 2 is 1.24 bits per heavy atom. The van der Waals surface area contributed by atoms with Crippen molar-refractivity contribution in [2.24, 2.45) is 56.2 Å². The van der Waals surface area contributed by atoms with Crippen LogP contribution in [0.5, 0.6) is 0 Å². The minimum absolute atomic E-state index is 0.0146. The van der Waals surface area contributed by atoms with E-state index in [-0.39, 0.29) is 17.8 Å². The summed E-state index contributed by atoms with van der Waals surface area (Å²) in [6.45, 7) is 14.6. The van der Waals surface area contributed by atoms with E-state index < -0.39 is 175 Å². The van der Waals surface area contributed by atoms with E-state index in [2.05, 4.69) is 26.8 Å². The summed E-state index contributed by atoms with van der Waals surface area (Å²) in [5.74, 6) is -2.50. The molecule has 68 heavy (non-hydrogen) atoms. The third-order valence-electron chi connectivity index (χ3n) is 19.9. The van der Waals surface area contributed by atoms with Gasteiger partial charge in [0.15, 0.2) is 25.0 Å². The molecule has 8 unspecified atom stereocenters. The Bertz CT molecular complexity index is 1880. The number of carboxylic acid groups (broad SMARTS) is 1. The SMILES string of the molecule is C[C@H]1[C@H](O)C(C)(C)CC2C3=CCC4[C@@]5(C)CC[C@H](O[C@@H]6OC(C(=O)O)[C@@H](O)[C@@H](O[C@@H]7O[C@@H](CO)[C@@H](O)C7O)C6O[C@@H]6OC(CO)[C@H](O)[C@@H](O)C6O)C(C)(C)C5CC[C@@]4(C)[C@]3(C)[C@@H](O)[C@@H](O)[C@]21CO. The summed E-state index contributed by atoms with van der Waals surface area (Å²) < 4.78 is 36.3. The molecule has 0 aromatic heterocycles. The fourth-order valence-corrected chi connectivity index (χ4v) is 15.7. The third kappa shape index (κ3) is 7.47. The van der Waals surface area contributed by atoms with E-state index in [9.17, 15) is 71.2 Å². The zero-order chi connectivity index (χ0) is 50.2. The number of ether oxygens (including phenoxy) is 6. The summed E-state index contributed by atoms with van der Waals surface area (Å²) in [5.41, 5.74) is -3.20. The van der Waals surface area contributed by atoms with Crippen LogP contribution in [0.3, 0.4) is 0 Å². The average molecular weight is 975 g/mol. The van der Waals surface area contributed by atoms with Gasteiger partial charge in [0.2, 0.25) is 0 Å². The molecule has 8 rings (SSSR count). The normalized spacial score (nSPS) is 55.3. The lowest BCUT2D eigenvalue weighted by Crippen LogP contribution is -2.74. The number of hydrogen-bond acceptors (Lipinski definition) is 19. The molecule has 0 aromatic rings. The lowest BCUT2D eigenvalue weighted by molar-refractivity contribution is -0.386. The molecule has 4 saturated carbocycles. The minimum Gasteiger partial charge on any atom is -0.479 e. The van der Waals surface area contributed by atoms with Crippen LogP contribution >= 0.6 is 0 Å². The Hall–Kier alpha value is -1.51. The Morgan fingerprint density at radius 1 is 0.662 bits per heavy atom. The molecule has 5 aliphatic carbocycles. The zero-order valence-corrected chi connectivity index (χ0v) is 40.3. The molecule has 0 spiro atoms. The van der Waals surface area contributed by atoms with E-state index in [4.69, 9.17) is 28.4 Å². The molecule has 7 fully saturated rings. The van der Waals surface area contributed by atoms with Crippen molar-refractivity contribution >= 4 is 5.97 Å². The Morgan fingerprint density at radius 3 is 1.81 bits per heavy atom. The number of carbonyl (C=O) groups is 1. The van der Waals surface area contributed by atoms with Gasteiger partial charge in [-0.3, -0.25) is 0 Å². The van der Waals surface area contributed by atoms with E-state index >= 15 is 0 Å². The first-order valence-corrected chi connectivity index (χ1v) is 24.5. The number of carboxylic acids is 1. The van der Waals surface area contributed by atoms with Crippen LogP contribution in [0.1, 0.15) is 93.9 Å². The van der Waals surface area contributed by atoms with Gasteiger partial charge in [-0.05, 0) is 83.9 Å². The van der Waals surface area contributed by atoms with Crippen molar-refractivity contribution < 1.29 is 99.6 Å². The Labute approximate surface area is 396 Å². The maximum atomic E-state index is 12.8. The van der Waals surface area contributed by atoms with Gasteiger partial charge in [0.1, 0.15) is 61.0 Å². The van der Waals surface area contributed by atoms with Crippen LogP contribution in [0.15, 0.2) is 11.6 Å². The minimum atomic E-state index is -2.09. The average Bonchev–Trinajstić information content (AvgIpc) is 3.55. The highest BCUT2D eigenvalue weighted by Gasteiger charge is 2.74. The standard InChI is InChI=1S/C48H78O20/c1-19-36(58)43(2,3)15-21-20-9-10-25-45(6)13-12-26(44(4,5)24(45)11-14-46(25,7)47(20,8)37(59)38(60)48(19,21)18-51)65-42-35(68-41-31(56)29(54)27(52)22(16-49)63-41)33(32(57)34(67-42)39(61)62)66-40-30(55)28(53)23(17-50)64-40/h9,19,21-38,40-42,49-60H,10-18H2,1-8H3,(H,61,62)/t19-,21?,22?,23-,24?,25?,26-,27-,28+,29+,30?,31?,32-,33+,34?,35?,36-,37-,38+,40-,41-,42+,45-,46+,47-,48-/m0/s1. The summed E-state index contributed by atoms with van der Waals surface area (Å²) in [7, 11) is 0. The molecule has 0 bridgehead atoms. The van der Waals surface area contributed by atoms with Crippen molar-refractivity contribution in [1.82, 2.24) is 0 Å². The van der Waals surface area contributed by atoms with E-state index in [1.165, 1.54) is 0 Å². The molecule has 20 heteroatoms. The highest BCUT2D eigenvalue weighted by molar-refractivity contribution is 5.73. The summed E-state index contributed by atoms with van der Waals surface area (Å²) in [6, 6.07) is 0. The van der Waals surface area contributed by atoms with E-state index in [0.29, 0.717) is 38.5 Å². The fourth-order valence-electron chi connectivity index (χ4n) is 15.7. The van der Waals surface area contributed by atoms with E-state index in [1.807, 2.05) is 34.6 Å².